The highest BCUT2D eigenvalue weighted by atomic mass is 16.5. The molecule has 0 radical (unpaired) electrons. The van der Waals surface area contributed by atoms with Crippen molar-refractivity contribution >= 4 is 23.4 Å². The van der Waals surface area contributed by atoms with Crippen LogP contribution in [0, 0.1) is 0 Å². The fraction of sp³-hybridized carbons (Fsp3) is 0.250. The van der Waals surface area contributed by atoms with E-state index in [2.05, 4.69) is 16.0 Å². The molecule has 2 aromatic carbocycles. The molecule has 1 unspecified atom stereocenters. The van der Waals surface area contributed by atoms with Gasteiger partial charge in [-0.1, -0.05) is 12.1 Å². The Labute approximate surface area is 158 Å². The molecule has 2 aromatic rings. The first kappa shape index (κ1) is 20.0. The second-order valence-electron chi connectivity index (χ2n) is 5.82. The van der Waals surface area contributed by atoms with Crippen molar-refractivity contribution in [1.82, 2.24) is 10.6 Å². The Morgan fingerprint density at radius 1 is 1.00 bits per heavy atom. The Hall–Kier alpha value is -3.35. The summed E-state index contributed by atoms with van der Waals surface area (Å²) < 4.78 is 5.07. The normalized spacial score (nSPS) is 11.2. The summed E-state index contributed by atoms with van der Waals surface area (Å²) in [5, 5.41) is 8.01. The average Bonchev–Trinajstić information content (AvgIpc) is 2.68. The molecule has 0 bridgehead atoms. The van der Waals surface area contributed by atoms with Gasteiger partial charge in [0.15, 0.2) is 0 Å². The Morgan fingerprint density at radius 2 is 1.67 bits per heavy atom. The van der Waals surface area contributed by atoms with Gasteiger partial charge in [-0.2, -0.15) is 0 Å². The Bertz CT molecular complexity index is 818. The molecule has 0 fully saturated rings. The number of benzene rings is 2. The number of para-hydroxylation sites is 1. The van der Waals surface area contributed by atoms with Crippen LogP contribution < -0.4 is 20.7 Å². The number of carbonyl (C=O) groups is 3. The molecule has 7 heteroatoms. The molecule has 7 nitrogen and oxygen atoms in total. The number of amides is 3. The Morgan fingerprint density at radius 3 is 2.30 bits per heavy atom. The summed E-state index contributed by atoms with van der Waals surface area (Å²) in [6.45, 7) is 3.88. The monoisotopic (exact) mass is 369 g/mol. The van der Waals surface area contributed by atoms with Crippen LogP contribution in [0.25, 0.3) is 0 Å². The zero-order valence-electron chi connectivity index (χ0n) is 15.5. The quantitative estimate of drug-likeness (QED) is 0.697. The molecule has 3 amide bonds. The van der Waals surface area contributed by atoms with E-state index in [0.717, 1.165) is 0 Å². The molecular formula is C20H23N3O4. The van der Waals surface area contributed by atoms with Crippen LogP contribution in [0.2, 0.25) is 0 Å². The molecule has 3 N–H and O–H groups in total. The van der Waals surface area contributed by atoms with Gasteiger partial charge in [0, 0.05) is 12.1 Å². The van der Waals surface area contributed by atoms with Crippen LogP contribution in [0.5, 0.6) is 5.75 Å². The average molecular weight is 369 g/mol. The number of nitrogens with one attached hydrogen (secondary N) is 3. The lowest BCUT2D eigenvalue weighted by Gasteiger charge is -2.15. The maximum atomic E-state index is 12.5. The molecule has 0 saturated heterocycles. The van der Waals surface area contributed by atoms with E-state index in [1.54, 1.807) is 69.5 Å². The van der Waals surface area contributed by atoms with Crippen molar-refractivity contribution in [2.45, 2.75) is 19.9 Å². The van der Waals surface area contributed by atoms with Crippen LogP contribution in [-0.2, 0) is 4.79 Å². The van der Waals surface area contributed by atoms with Crippen LogP contribution in [0.4, 0.5) is 5.69 Å². The van der Waals surface area contributed by atoms with Gasteiger partial charge < -0.3 is 20.7 Å². The van der Waals surface area contributed by atoms with Crippen LogP contribution in [0.3, 0.4) is 0 Å². The number of ether oxygens (including phenoxy) is 1. The largest absolute Gasteiger partial charge is 0.497 e. The van der Waals surface area contributed by atoms with E-state index in [9.17, 15) is 14.4 Å². The van der Waals surface area contributed by atoms with Gasteiger partial charge in [-0.05, 0) is 50.2 Å². The number of likely N-dealkylation sites (N-methyl/N-ethyl adjacent to an activating group) is 1. The third-order valence-corrected chi connectivity index (χ3v) is 3.86. The van der Waals surface area contributed by atoms with Gasteiger partial charge in [-0.15, -0.1) is 0 Å². The summed E-state index contributed by atoms with van der Waals surface area (Å²) in [6.07, 6.45) is 0. The SMILES string of the molecule is CCNC(=O)C(C)NC(=O)c1ccccc1NC(=O)c1ccc(OC)cc1. The molecule has 142 valence electrons. The van der Waals surface area contributed by atoms with Crippen molar-refractivity contribution in [2.24, 2.45) is 0 Å². The van der Waals surface area contributed by atoms with Gasteiger partial charge in [0.2, 0.25) is 5.91 Å². The third-order valence-electron chi connectivity index (χ3n) is 3.86. The highest BCUT2D eigenvalue weighted by Gasteiger charge is 2.19. The van der Waals surface area contributed by atoms with Gasteiger partial charge in [-0.25, -0.2) is 0 Å². The van der Waals surface area contributed by atoms with E-state index >= 15 is 0 Å². The second kappa shape index (κ2) is 9.38. The van der Waals surface area contributed by atoms with Crippen LogP contribution in [0.1, 0.15) is 34.6 Å². The first-order chi connectivity index (χ1) is 13.0. The van der Waals surface area contributed by atoms with E-state index in [1.165, 1.54) is 0 Å². The van der Waals surface area contributed by atoms with E-state index in [-0.39, 0.29) is 17.4 Å². The standard InChI is InChI=1S/C20H23N3O4/c1-4-21-18(24)13(2)22-20(26)16-7-5-6-8-17(16)23-19(25)14-9-11-15(27-3)12-10-14/h5-13H,4H2,1-3H3,(H,21,24)(H,22,26)(H,23,25). The van der Waals surface area contributed by atoms with E-state index in [1.807, 2.05) is 0 Å². The number of carbonyl (C=O) groups excluding carboxylic acids is 3. The first-order valence-corrected chi connectivity index (χ1v) is 8.59. The fourth-order valence-electron chi connectivity index (χ4n) is 2.39. The number of methoxy groups -OCH3 is 1. The third kappa shape index (κ3) is 5.31. The van der Waals surface area contributed by atoms with Gasteiger partial charge >= 0.3 is 0 Å². The van der Waals surface area contributed by atoms with E-state index < -0.39 is 11.9 Å². The first-order valence-electron chi connectivity index (χ1n) is 8.59. The summed E-state index contributed by atoms with van der Waals surface area (Å²) in [6, 6.07) is 12.6. The number of anilines is 1. The lowest BCUT2D eigenvalue weighted by molar-refractivity contribution is -0.122. The predicted octanol–water partition coefficient (Wildman–Crippen LogP) is 2.20. The van der Waals surface area contributed by atoms with Crippen molar-refractivity contribution in [2.75, 3.05) is 19.0 Å². The van der Waals surface area contributed by atoms with Crippen LogP contribution in [0.15, 0.2) is 48.5 Å². The highest BCUT2D eigenvalue weighted by Crippen LogP contribution is 2.18. The second-order valence-corrected chi connectivity index (χ2v) is 5.82. The molecular weight excluding hydrogens is 346 g/mol. The minimum atomic E-state index is -0.692. The van der Waals surface area contributed by atoms with Crippen molar-refractivity contribution in [3.63, 3.8) is 0 Å². The van der Waals surface area contributed by atoms with Gasteiger partial charge in [0.1, 0.15) is 11.8 Å². The molecule has 0 heterocycles. The number of hydrogen-bond acceptors (Lipinski definition) is 4. The maximum Gasteiger partial charge on any atom is 0.255 e. The molecule has 1 atom stereocenters. The fourth-order valence-corrected chi connectivity index (χ4v) is 2.39. The molecule has 0 aliphatic carbocycles. The molecule has 27 heavy (non-hydrogen) atoms. The summed E-state index contributed by atoms with van der Waals surface area (Å²) in [7, 11) is 1.55. The summed E-state index contributed by atoms with van der Waals surface area (Å²) in [5.41, 5.74) is 1.07. The van der Waals surface area contributed by atoms with Gasteiger partial charge in [0.25, 0.3) is 11.8 Å². The lowest BCUT2D eigenvalue weighted by atomic mass is 10.1. The van der Waals surface area contributed by atoms with Crippen LogP contribution >= 0.6 is 0 Å². The summed E-state index contributed by atoms with van der Waals surface area (Å²) in [4.78, 5) is 36.8. The summed E-state index contributed by atoms with van der Waals surface area (Å²) >= 11 is 0. The number of rotatable bonds is 7. The highest BCUT2D eigenvalue weighted by molar-refractivity contribution is 6.09. The zero-order valence-corrected chi connectivity index (χ0v) is 15.5. The lowest BCUT2D eigenvalue weighted by Crippen LogP contribution is -2.44. The molecule has 0 spiro atoms. The van der Waals surface area contributed by atoms with Crippen molar-refractivity contribution in [3.8, 4) is 5.75 Å². The zero-order chi connectivity index (χ0) is 19.8. The summed E-state index contributed by atoms with van der Waals surface area (Å²) in [5.74, 6) is -0.426. The van der Waals surface area contributed by atoms with Crippen molar-refractivity contribution in [3.05, 3.63) is 59.7 Å². The smallest absolute Gasteiger partial charge is 0.255 e. The van der Waals surface area contributed by atoms with Crippen molar-refractivity contribution < 1.29 is 19.1 Å². The number of hydrogen-bond donors (Lipinski definition) is 3. The molecule has 0 saturated carbocycles. The Balaban J connectivity index is 2.13. The van der Waals surface area contributed by atoms with Gasteiger partial charge in [-0.3, -0.25) is 14.4 Å². The predicted molar refractivity (Wildman–Crippen MR) is 103 cm³/mol. The molecule has 0 aromatic heterocycles. The van der Waals surface area contributed by atoms with Gasteiger partial charge in [0.05, 0.1) is 18.4 Å². The van der Waals surface area contributed by atoms with E-state index in [0.29, 0.717) is 23.5 Å². The topological polar surface area (TPSA) is 96.5 Å². The molecule has 0 aliphatic rings. The molecule has 2 rings (SSSR count). The Kier molecular flexibility index (Phi) is 6.93. The minimum Gasteiger partial charge on any atom is -0.497 e. The maximum absolute atomic E-state index is 12.5. The van der Waals surface area contributed by atoms with Crippen molar-refractivity contribution in [1.29, 1.82) is 0 Å². The minimum absolute atomic E-state index is 0.273. The van der Waals surface area contributed by atoms with E-state index in [4.69, 9.17) is 4.74 Å². The molecule has 0 aliphatic heterocycles. The van der Waals surface area contributed by atoms with Crippen LogP contribution in [-0.4, -0.2) is 37.4 Å².